The average molecular weight is 248 g/mol. The van der Waals surface area contributed by atoms with Crippen molar-refractivity contribution < 1.29 is 4.92 Å². The third-order valence-electron chi connectivity index (χ3n) is 4.10. The van der Waals surface area contributed by atoms with Crippen LogP contribution in [-0.4, -0.2) is 11.5 Å². The molecule has 4 nitrogen and oxygen atoms in total. The highest BCUT2D eigenvalue weighted by atomic mass is 16.6. The fourth-order valence-corrected chi connectivity index (χ4v) is 2.34. The van der Waals surface area contributed by atoms with Gasteiger partial charge in [0.1, 0.15) is 5.69 Å². The minimum atomic E-state index is -0.323. The zero-order valence-electron chi connectivity index (χ0n) is 11.2. The van der Waals surface area contributed by atoms with Crippen LogP contribution in [0.2, 0.25) is 0 Å². The van der Waals surface area contributed by atoms with Gasteiger partial charge in [0.2, 0.25) is 0 Å². The lowest BCUT2D eigenvalue weighted by molar-refractivity contribution is -0.384. The first-order chi connectivity index (χ1) is 8.44. The number of hydrogen-bond acceptors (Lipinski definition) is 3. The summed E-state index contributed by atoms with van der Waals surface area (Å²) < 4.78 is 0. The van der Waals surface area contributed by atoms with E-state index < -0.39 is 0 Å². The van der Waals surface area contributed by atoms with Crippen LogP contribution in [0.25, 0.3) is 0 Å². The molecule has 0 amide bonds. The summed E-state index contributed by atoms with van der Waals surface area (Å²) in [5.74, 6) is 0.619. The first kappa shape index (κ1) is 12.9. The molecule has 2 rings (SSSR count). The summed E-state index contributed by atoms with van der Waals surface area (Å²) in [7, 11) is 0. The van der Waals surface area contributed by atoms with E-state index in [0.717, 1.165) is 12.1 Å². The van der Waals surface area contributed by atoms with Gasteiger partial charge < -0.3 is 5.32 Å². The number of nitrogens with zero attached hydrogens (tertiary/aromatic N) is 1. The van der Waals surface area contributed by atoms with Gasteiger partial charge in [-0.05, 0) is 42.7 Å². The zero-order chi connectivity index (χ0) is 13.3. The minimum Gasteiger partial charge on any atom is -0.379 e. The van der Waals surface area contributed by atoms with Gasteiger partial charge in [-0.25, -0.2) is 0 Å². The van der Waals surface area contributed by atoms with E-state index in [1.165, 1.54) is 12.8 Å². The van der Waals surface area contributed by atoms with Gasteiger partial charge in [-0.1, -0.05) is 19.9 Å². The fourth-order valence-electron chi connectivity index (χ4n) is 2.34. The molecule has 0 spiro atoms. The molecule has 0 bridgehead atoms. The summed E-state index contributed by atoms with van der Waals surface area (Å²) in [6.07, 6.45) is 2.44. The van der Waals surface area contributed by atoms with Crippen molar-refractivity contribution in [3.8, 4) is 0 Å². The maximum atomic E-state index is 11.0. The van der Waals surface area contributed by atoms with Crippen molar-refractivity contribution in [2.45, 2.75) is 33.6 Å². The van der Waals surface area contributed by atoms with Crippen LogP contribution in [0.1, 0.15) is 32.3 Å². The van der Waals surface area contributed by atoms with Crippen LogP contribution >= 0.6 is 0 Å². The molecule has 0 unspecified atom stereocenters. The van der Waals surface area contributed by atoms with Crippen LogP contribution in [-0.2, 0) is 0 Å². The van der Waals surface area contributed by atoms with Gasteiger partial charge in [0, 0.05) is 12.6 Å². The summed E-state index contributed by atoms with van der Waals surface area (Å²) >= 11 is 0. The molecule has 18 heavy (non-hydrogen) atoms. The molecule has 1 aromatic rings. The standard InChI is InChI=1S/C14H20N2O2/c1-10(2)14(6-7-14)9-15-12-8-11(3)4-5-13(12)16(17)18/h4-5,8,10,15H,6-7,9H2,1-3H3. The van der Waals surface area contributed by atoms with Crippen LogP contribution in [0, 0.1) is 28.4 Å². The summed E-state index contributed by atoms with van der Waals surface area (Å²) in [6, 6.07) is 5.21. The fraction of sp³-hybridized carbons (Fsp3) is 0.571. The molecule has 1 saturated carbocycles. The van der Waals surface area contributed by atoms with Crippen LogP contribution in [0.15, 0.2) is 18.2 Å². The van der Waals surface area contributed by atoms with Gasteiger partial charge in [0.05, 0.1) is 4.92 Å². The quantitative estimate of drug-likeness (QED) is 0.637. The van der Waals surface area contributed by atoms with E-state index in [1.807, 2.05) is 13.0 Å². The Morgan fingerprint density at radius 2 is 2.11 bits per heavy atom. The number of rotatable bonds is 5. The maximum absolute atomic E-state index is 11.0. The number of nitrogens with one attached hydrogen (secondary N) is 1. The number of nitro groups is 1. The van der Waals surface area contributed by atoms with E-state index in [9.17, 15) is 10.1 Å². The van der Waals surface area contributed by atoms with Crippen LogP contribution in [0.4, 0.5) is 11.4 Å². The topological polar surface area (TPSA) is 55.2 Å². The van der Waals surface area contributed by atoms with Gasteiger partial charge in [0.15, 0.2) is 0 Å². The highest BCUT2D eigenvalue weighted by molar-refractivity contribution is 5.62. The smallest absolute Gasteiger partial charge is 0.292 e. The van der Waals surface area contributed by atoms with Crippen molar-refractivity contribution in [3.05, 3.63) is 33.9 Å². The van der Waals surface area contributed by atoms with Gasteiger partial charge in [-0.15, -0.1) is 0 Å². The molecule has 0 atom stereocenters. The van der Waals surface area contributed by atoms with E-state index in [2.05, 4.69) is 19.2 Å². The van der Waals surface area contributed by atoms with Crippen LogP contribution < -0.4 is 5.32 Å². The van der Waals surface area contributed by atoms with E-state index >= 15 is 0 Å². The Kier molecular flexibility index (Phi) is 3.28. The lowest BCUT2D eigenvalue weighted by Crippen LogP contribution is -2.21. The van der Waals surface area contributed by atoms with Crippen molar-refractivity contribution >= 4 is 11.4 Å². The second-order valence-corrected chi connectivity index (χ2v) is 5.65. The average Bonchev–Trinajstić information content (AvgIpc) is 3.07. The number of aryl methyl sites for hydroxylation is 1. The molecule has 1 fully saturated rings. The monoisotopic (exact) mass is 248 g/mol. The zero-order valence-corrected chi connectivity index (χ0v) is 11.2. The molecule has 98 valence electrons. The van der Waals surface area contributed by atoms with Crippen molar-refractivity contribution in [2.24, 2.45) is 11.3 Å². The molecule has 0 heterocycles. The summed E-state index contributed by atoms with van der Waals surface area (Å²) in [6.45, 7) is 7.22. The Morgan fingerprint density at radius 1 is 1.44 bits per heavy atom. The molecule has 1 aromatic carbocycles. The van der Waals surface area contributed by atoms with E-state index in [0.29, 0.717) is 17.0 Å². The lowest BCUT2D eigenvalue weighted by atomic mass is 9.92. The van der Waals surface area contributed by atoms with Gasteiger partial charge >= 0.3 is 0 Å². The Hall–Kier alpha value is -1.58. The van der Waals surface area contributed by atoms with Crippen molar-refractivity contribution in [1.82, 2.24) is 0 Å². The number of benzene rings is 1. The highest BCUT2D eigenvalue weighted by Crippen LogP contribution is 2.51. The van der Waals surface area contributed by atoms with E-state index in [-0.39, 0.29) is 10.6 Å². The molecule has 0 radical (unpaired) electrons. The van der Waals surface area contributed by atoms with E-state index in [4.69, 9.17) is 0 Å². The van der Waals surface area contributed by atoms with Crippen molar-refractivity contribution in [1.29, 1.82) is 0 Å². The second-order valence-electron chi connectivity index (χ2n) is 5.65. The first-order valence-corrected chi connectivity index (χ1v) is 6.43. The first-order valence-electron chi connectivity index (χ1n) is 6.43. The lowest BCUT2D eigenvalue weighted by Gasteiger charge is -2.20. The molecular formula is C14H20N2O2. The second kappa shape index (κ2) is 4.59. The molecule has 1 N–H and O–H groups in total. The number of hydrogen-bond donors (Lipinski definition) is 1. The van der Waals surface area contributed by atoms with Crippen LogP contribution in [0.3, 0.4) is 0 Å². The molecule has 4 heteroatoms. The predicted octanol–water partition coefficient (Wildman–Crippen LogP) is 3.75. The predicted molar refractivity (Wildman–Crippen MR) is 72.8 cm³/mol. The normalized spacial score (nSPS) is 16.7. The van der Waals surface area contributed by atoms with Crippen LogP contribution in [0.5, 0.6) is 0 Å². The number of nitro benzene ring substituents is 1. The molecule has 1 aliphatic rings. The third-order valence-corrected chi connectivity index (χ3v) is 4.10. The number of anilines is 1. The SMILES string of the molecule is Cc1ccc([N+](=O)[O-])c(NCC2(C(C)C)CC2)c1. The van der Waals surface area contributed by atoms with Gasteiger partial charge in [-0.2, -0.15) is 0 Å². The molecule has 1 aliphatic carbocycles. The van der Waals surface area contributed by atoms with Crippen molar-refractivity contribution in [3.63, 3.8) is 0 Å². The maximum Gasteiger partial charge on any atom is 0.292 e. The Bertz CT molecular complexity index is 465. The van der Waals surface area contributed by atoms with Crippen molar-refractivity contribution in [2.75, 3.05) is 11.9 Å². The molecule has 0 saturated heterocycles. The Balaban J connectivity index is 2.14. The molecule has 0 aliphatic heterocycles. The largest absolute Gasteiger partial charge is 0.379 e. The highest BCUT2D eigenvalue weighted by Gasteiger charge is 2.45. The summed E-state index contributed by atoms with van der Waals surface area (Å²) in [5, 5.41) is 14.3. The Morgan fingerprint density at radius 3 is 2.61 bits per heavy atom. The summed E-state index contributed by atoms with van der Waals surface area (Å²) in [5.41, 5.74) is 2.20. The third kappa shape index (κ3) is 2.47. The van der Waals surface area contributed by atoms with Gasteiger partial charge in [0.25, 0.3) is 5.69 Å². The van der Waals surface area contributed by atoms with E-state index in [1.54, 1.807) is 12.1 Å². The minimum absolute atomic E-state index is 0.167. The molecular weight excluding hydrogens is 228 g/mol. The summed E-state index contributed by atoms with van der Waals surface area (Å²) in [4.78, 5) is 10.6. The Labute approximate surface area is 108 Å². The van der Waals surface area contributed by atoms with Gasteiger partial charge in [-0.3, -0.25) is 10.1 Å². The molecule has 0 aromatic heterocycles.